The lowest BCUT2D eigenvalue weighted by atomic mass is 9.98. The number of aliphatic hydroxyl groups excluding tert-OH is 5. The molecule has 2 aliphatic heterocycles. The second kappa shape index (κ2) is 68.6. The fraction of sp³-hybridized carbons (Fsp3) is 0.589. The zero-order chi connectivity index (χ0) is 86.6. The number of hydrogen-bond acceptors (Lipinski definition) is 21. The first-order valence-corrected chi connectivity index (χ1v) is 42.3. The number of ether oxygens (including phenoxy) is 8. The second-order valence-electron chi connectivity index (χ2n) is 28.4. The summed E-state index contributed by atoms with van der Waals surface area (Å²) in [6.07, 6.45) is 49.9. The minimum atomic E-state index is -1.87. The molecule has 662 valence electrons. The summed E-state index contributed by atoms with van der Waals surface area (Å²) < 4.78 is 43.8. The Morgan fingerprint density at radius 2 is 0.950 bits per heavy atom. The highest BCUT2D eigenvalue weighted by atomic mass is 16.7. The van der Waals surface area contributed by atoms with Crippen molar-refractivity contribution < 1.29 is 97.0 Å². The average molecular weight is 1670 g/mol. The number of azide groups is 1. The fourth-order valence-electron chi connectivity index (χ4n) is 12.1. The van der Waals surface area contributed by atoms with Crippen LogP contribution in [-0.4, -0.2) is 213 Å². The van der Waals surface area contributed by atoms with Crippen LogP contribution in [0.3, 0.4) is 0 Å². The number of rotatable bonds is 64. The summed E-state index contributed by atoms with van der Waals surface area (Å²) in [5.41, 5.74) is 9.43. The maximum atomic E-state index is 14.1. The Hall–Kier alpha value is -9.10. The Kier molecular flexibility index (Phi) is 60.0. The van der Waals surface area contributed by atoms with Gasteiger partial charge in [0.15, 0.2) is 18.7 Å². The predicted molar refractivity (Wildman–Crippen MR) is 460 cm³/mol. The molecule has 2 saturated heterocycles. The number of nitrogens with one attached hydrogen (secondary N) is 6. The van der Waals surface area contributed by atoms with E-state index in [2.05, 4.69) is 183 Å². The van der Waals surface area contributed by atoms with Crippen LogP contribution in [0.2, 0.25) is 0 Å². The van der Waals surface area contributed by atoms with Crippen molar-refractivity contribution in [2.45, 2.75) is 274 Å². The Balaban J connectivity index is 1.61. The highest BCUT2D eigenvalue weighted by molar-refractivity contribution is 5.88. The third kappa shape index (κ3) is 49.3. The van der Waals surface area contributed by atoms with Gasteiger partial charge in [-0.15, -0.1) is 0 Å². The Morgan fingerprint density at radius 3 is 1.45 bits per heavy atom. The molecule has 1 aromatic carbocycles. The largest absolute Gasteiger partial charge is 0.492 e. The van der Waals surface area contributed by atoms with Gasteiger partial charge in [0.25, 0.3) is 0 Å². The first-order chi connectivity index (χ1) is 57.9. The van der Waals surface area contributed by atoms with E-state index < -0.39 is 110 Å². The van der Waals surface area contributed by atoms with E-state index in [1.165, 1.54) is 14.2 Å². The molecule has 29 nitrogen and oxygen atoms in total. The summed E-state index contributed by atoms with van der Waals surface area (Å²) in [5.74, 6) is -1.95. The molecule has 11 N–H and O–H groups in total. The number of methoxy groups -OCH3 is 2. The van der Waals surface area contributed by atoms with Crippen LogP contribution in [-0.2, 0) is 68.3 Å². The van der Waals surface area contributed by atoms with Crippen LogP contribution in [0, 0.1) is 0 Å². The molecule has 13 atom stereocenters. The van der Waals surface area contributed by atoms with Gasteiger partial charge in [0.05, 0.1) is 26.4 Å². The van der Waals surface area contributed by atoms with E-state index in [1.807, 2.05) is 30.4 Å². The highest BCUT2D eigenvalue weighted by Crippen LogP contribution is 2.28. The standard InChI is InChI=1S/C90H137N9O20/c1-6-9-11-13-15-17-19-21-23-25-27-29-31-33-35-37-39-41-44-54-76(100)92-64-65-115-70-59-57-69(58-60-70)66-73(97-78(102)55-45-42-40-38-36-34-32-30-28-26-24-22-20-18-16-14-12-10-7-2)86(109)94-62-50-47-52-71(96-77(101)56-46-43-49-63-95-99-91)85(108)93-61-51-48-53-72(87(110)114-8-3)98-90(111)119-84-80(104)74(67-112-4)118-89(83(84)107)116-68-75-79(103)81(105)82(106)88(113-5)117-75/h9-12,15-18,21-24,27-30,33-36,39-42,57-60,71-75,79-84,88-89,103-107H,6-8,13-14,19-20,25-26,31-32,37-38,43-56,61-68H2,1-5H3,(H,92,100)(H,93,108)(H,94,109)(H,96,101)(H,97,102)(H,98,111)/b11-9-,12-10-,17-15-,18-16-,23-21-,24-22-,29-27-,30-28-,35-33-,36-34-,41-39-,42-40-/t71-,72-,73-,74?,75?,79+,80+,81-,82?,83?,84-,88-,89+/m0/s1. The topological polar surface area (TPSA) is 415 Å². The number of allylic oxidation sites excluding steroid dienone is 24. The minimum absolute atomic E-state index is 0.0213. The lowest BCUT2D eigenvalue weighted by Crippen LogP contribution is -2.63. The molecule has 2 fully saturated rings. The van der Waals surface area contributed by atoms with Crippen molar-refractivity contribution in [2.24, 2.45) is 5.11 Å². The van der Waals surface area contributed by atoms with E-state index in [4.69, 9.17) is 43.4 Å². The van der Waals surface area contributed by atoms with Crippen molar-refractivity contribution in [3.8, 4) is 5.75 Å². The molecule has 29 heteroatoms. The maximum Gasteiger partial charge on any atom is 0.408 e. The molecule has 2 aliphatic rings. The molecule has 1 aromatic rings. The van der Waals surface area contributed by atoms with Gasteiger partial charge in [-0.05, 0) is 171 Å². The van der Waals surface area contributed by atoms with Crippen molar-refractivity contribution in [1.82, 2.24) is 31.9 Å². The molecule has 0 aromatic heterocycles. The predicted octanol–water partition coefficient (Wildman–Crippen LogP) is 11.7. The Labute approximate surface area is 704 Å². The van der Waals surface area contributed by atoms with Crippen LogP contribution in [0.4, 0.5) is 4.79 Å². The van der Waals surface area contributed by atoms with Crippen molar-refractivity contribution in [3.05, 3.63) is 186 Å². The molecule has 3 rings (SSSR count). The second-order valence-corrected chi connectivity index (χ2v) is 28.4. The van der Waals surface area contributed by atoms with Crippen LogP contribution in [0.5, 0.6) is 5.75 Å². The van der Waals surface area contributed by atoms with Crippen LogP contribution in [0.25, 0.3) is 10.4 Å². The van der Waals surface area contributed by atoms with Gasteiger partial charge in [-0.2, -0.15) is 0 Å². The number of esters is 1. The van der Waals surface area contributed by atoms with Crippen molar-refractivity contribution in [1.29, 1.82) is 0 Å². The molecule has 0 saturated carbocycles. The molecule has 6 amide bonds. The van der Waals surface area contributed by atoms with Crippen molar-refractivity contribution in [2.75, 3.05) is 66.8 Å². The third-order valence-electron chi connectivity index (χ3n) is 18.7. The van der Waals surface area contributed by atoms with Crippen LogP contribution < -0.4 is 36.6 Å². The number of benzene rings is 1. The zero-order valence-electron chi connectivity index (χ0n) is 70.6. The lowest BCUT2D eigenvalue weighted by Gasteiger charge is -2.43. The molecular formula is C90H137N9O20. The summed E-state index contributed by atoms with van der Waals surface area (Å²) in [5, 5.41) is 74.1. The molecule has 119 heavy (non-hydrogen) atoms. The quantitative estimate of drug-likeness (QED) is 0.00720. The van der Waals surface area contributed by atoms with E-state index in [0.717, 1.165) is 76.2 Å². The summed E-state index contributed by atoms with van der Waals surface area (Å²) >= 11 is 0. The SMILES string of the molecule is CC/C=C\C/C=C\C/C=C\C/C=C\C/C=C\C/C=C\CCC(=O)NCCOc1ccc(C[C@H](NC(=O)CC/C=C\C/C=C\C/C=C\C/C=C\C/C=C\C/C=C\CC)C(=O)NCCCC[C@H](NC(=O)CCCCCN=[N+]=[N-])C(=O)NCCCC[C@H](NC(=O)O[C@@H]2C(O)[C@H](OCC3O[C@H](OC)C(O)[C@@H](O)[C@@H]3O)OC(COC)[C@H]2O)C(=O)OCC)cc1. The van der Waals surface area contributed by atoms with E-state index in [1.54, 1.807) is 19.1 Å². The zero-order valence-corrected chi connectivity index (χ0v) is 70.6. The van der Waals surface area contributed by atoms with Gasteiger partial charge in [0.1, 0.15) is 73.2 Å². The first-order valence-electron chi connectivity index (χ1n) is 42.3. The summed E-state index contributed by atoms with van der Waals surface area (Å²) in [4.78, 5) is 97.0. The number of hydrogen-bond donors (Lipinski definition) is 11. The molecule has 0 spiro atoms. The van der Waals surface area contributed by atoms with Crippen LogP contribution >= 0.6 is 0 Å². The number of carbonyl (C=O) groups excluding carboxylic acids is 7. The molecule has 2 heterocycles. The summed E-state index contributed by atoms with van der Waals surface area (Å²) in [6.45, 7) is 6.04. The molecular weight excluding hydrogens is 1530 g/mol. The molecule has 0 radical (unpaired) electrons. The Bertz CT molecular complexity index is 3420. The van der Waals surface area contributed by atoms with E-state index in [9.17, 15) is 59.1 Å². The van der Waals surface area contributed by atoms with Crippen molar-refractivity contribution >= 4 is 41.6 Å². The van der Waals surface area contributed by atoms with E-state index in [0.29, 0.717) is 70.1 Å². The van der Waals surface area contributed by atoms with E-state index in [-0.39, 0.29) is 102 Å². The number of amides is 6. The Morgan fingerprint density at radius 1 is 0.479 bits per heavy atom. The van der Waals surface area contributed by atoms with Crippen LogP contribution in [0.1, 0.15) is 193 Å². The normalized spacial score (nSPS) is 20.6. The number of unbranched alkanes of at least 4 members (excludes halogenated alkanes) is 4. The molecule has 4 unspecified atom stereocenters. The van der Waals surface area contributed by atoms with Gasteiger partial charge in [-0.3, -0.25) is 24.0 Å². The smallest absolute Gasteiger partial charge is 0.408 e. The van der Waals surface area contributed by atoms with E-state index >= 15 is 0 Å². The average Bonchev–Trinajstić information content (AvgIpc) is 0.798. The molecule has 0 bridgehead atoms. The number of aliphatic hydroxyl groups is 5. The van der Waals surface area contributed by atoms with Gasteiger partial charge in [-0.25, -0.2) is 9.59 Å². The fourth-order valence-corrected chi connectivity index (χ4v) is 12.1. The van der Waals surface area contributed by atoms with Gasteiger partial charge >= 0.3 is 12.1 Å². The first kappa shape index (κ1) is 104. The lowest BCUT2D eigenvalue weighted by molar-refractivity contribution is -0.328. The minimum Gasteiger partial charge on any atom is -0.492 e. The van der Waals surface area contributed by atoms with Gasteiger partial charge in [0.2, 0.25) is 29.5 Å². The third-order valence-corrected chi connectivity index (χ3v) is 18.7. The number of alkyl carbamates (subject to hydrolysis) is 1. The maximum absolute atomic E-state index is 14.1. The number of nitrogens with zero attached hydrogens (tertiary/aromatic N) is 3. The van der Waals surface area contributed by atoms with Crippen LogP contribution in [0.15, 0.2) is 175 Å². The van der Waals surface area contributed by atoms with Gasteiger partial charge < -0.3 is 95.3 Å². The monoisotopic (exact) mass is 1660 g/mol. The highest BCUT2D eigenvalue weighted by Gasteiger charge is 2.50. The molecule has 0 aliphatic carbocycles. The number of carbonyl (C=O) groups is 7. The van der Waals surface area contributed by atoms with Gasteiger partial charge in [-0.1, -0.05) is 183 Å². The summed E-state index contributed by atoms with van der Waals surface area (Å²) in [6, 6.07) is 3.92. The van der Waals surface area contributed by atoms with Crippen molar-refractivity contribution in [3.63, 3.8) is 0 Å². The summed E-state index contributed by atoms with van der Waals surface area (Å²) in [7, 11) is 2.52. The van der Waals surface area contributed by atoms with Gasteiger partial charge in [0, 0.05) is 64.4 Å².